The Morgan fingerprint density at radius 2 is 1.35 bits per heavy atom. The van der Waals surface area contributed by atoms with Gasteiger partial charge in [-0.3, -0.25) is 0 Å². The molecule has 4 nitrogen and oxygen atoms in total. The lowest BCUT2D eigenvalue weighted by Crippen LogP contribution is -1.95. The van der Waals surface area contributed by atoms with E-state index in [0.29, 0.717) is 11.1 Å². The quantitative estimate of drug-likeness (QED) is 0.574. The van der Waals surface area contributed by atoms with E-state index in [-0.39, 0.29) is 23.0 Å². The van der Waals surface area contributed by atoms with Crippen molar-refractivity contribution in [2.75, 3.05) is 14.2 Å². The van der Waals surface area contributed by atoms with Gasteiger partial charge in [-0.15, -0.1) is 0 Å². The van der Waals surface area contributed by atoms with Crippen LogP contribution in [0, 0.1) is 6.92 Å². The number of ether oxygens (including phenoxy) is 2. The lowest BCUT2D eigenvalue weighted by Gasteiger charge is -2.15. The molecule has 1 aromatic carbocycles. The largest absolute Gasteiger partial charge is 0.504 e. The first-order valence-electron chi connectivity index (χ1n) is 7.41. The molecular formula is C19H24O4. The molecule has 1 rings (SSSR count). The van der Waals surface area contributed by atoms with Gasteiger partial charge in [-0.1, -0.05) is 55.5 Å². The van der Waals surface area contributed by atoms with E-state index in [9.17, 15) is 10.2 Å². The molecule has 0 radical (unpaired) electrons. The van der Waals surface area contributed by atoms with Crippen LogP contribution in [-0.4, -0.2) is 24.4 Å². The number of methoxy groups -OCH3 is 2. The molecule has 0 saturated heterocycles. The fourth-order valence-corrected chi connectivity index (χ4v) is 2.02. The molecule has 0 unspecified atom stereocenters. The Balaban J connectivity index is 3.03. The standard InChI is InChI=1S/C19H24O4/c1-5-6-7-8-9-10-11-12-13-15-14(2)16(20)18(22-3)19(23-4)17(15)21/h6-13,20-21H,5H2,1-4H3. The predicted molar refractivity (Wildman–Crippen MR) is 94.4 cm³/mol. The van der Waals surface area contributed by atoms with E-state index in [4.69, 9.17) is 9.47 Å². The average Bonchev–Trinajstić information content (AvgIpc) is 2.55. The molecule has 1 aromatic rings. The van der Waals surface area contributed by atoms with Crippen LogP contribution in [-0.2, 0) is 0 Å². The van der Waals surface area contributed by atoms with Gasteiger partial charge in [0.25, 0.3) is 0 Å². The van der Waals surface area contributed by atoms with Gasteiger partial charge in [-0.25, -0.2) is 0 Å². The first-order chi connectivity index (χ1) is 11.1. The SMILES string of the molecule is CCC=CC=CC=CC=Cc1c(C)c(O)c(OC)c(OC)c1O. The van der Waals surface area contributed by atoms with Crippen LogP contribution in [0.25, 0.3) is 6.08 Å². The molecule has 0 heterocycles. The second-order valence-corrected chi connectivity index (χ2v) is 4.77. The van der Waals surface area contributed by atoms with E-state index in [2.05, 4.69) is 13.0 Å². The Bertz CT molecular complexity index is 638. The summed E-state index contributed by atoms with van der Waals surface area (Å²) >= 11 is 0. The molecule has 0 saturated carbocycles. The van der Waals surface area contributed by atoms with Crippen molar-refractivity contribution in [3.63, 3.8) is 0 Å². The number of phenols is 2. The highest BCUT2D eigenvalue weighted by Gasteiger charge is 2.21. The van der Waals surface area contributed by atoms with Crippen molar-refractivity contribution in [3.8, 4) is 23.0 Å². The number of hydrogen-bond donors (Lipinski definition) is 2. The van der Waals surface area contributed by atoms with Gasteiger partial charge in [0.1, 0.15) is 0 Å². The van der Waals surface area contributed by atoms with Gasteiger partial charge in [0.05, 0.1) is 14.2 Å². The van der Waals surface area contributed by atoms with Gasteiger partial charge in [-0.05, 0) is 13.3 Å². The Hall–Kier alpha value is -2.62. The third-order valence-electron chi connectivity index (χ3n) is 3.25. The van der Waals surface area contributed by atoms with E-state index in [1.807, 2.05) is 30.4 Å². The van der Waals surface area contributed by atoms with Gasteiger partial charge in [0.2, 0.25) is 11.5 Å². The minimum Gasteiger partial charge on any atom is -0.504 e. The van der Waals surface area contributed by atoms with Crippen LogP contribution >= 0.6 is 0 Å². The lowest BCUT2D eigenvalue weighted by molar-refractivity contribution is 0.315. The Morgan fingerprint density at radius 3 is 1.91 bits per heavy atom. The minimum atomic E-state index is -0.0641. The van der Waals surface area contributed by atoms with E-state index in [1.54, 1.807) is 19.1 Å². The summed E-state index contributed by atoms with van der Waals surface area (Å²) in [4.78, 5) is 0. The molecule has 0 amide bonds. The van der Waals surface area contributed by atoms with Gasteiger partial charge in [-0.2, -0.15) is 0 Å². The van der Waals surface area contributed by atoms with E-state index in [1.165, 1.54) is 14.2 Å². The molecule has 0 aromatic heterocycles. The van der Waals surface area contributed by atoms with Gasteiger partial charge in [0.15, 0.2) is 11.5 Å². The van der Waals surface area contributed by atoms with Crippen LogP contribution in [0.5, 0.6) is 23.0 Å². The van der Waals surface area contributed by atoms with Crippen molar-refractivity contribution in [1.82, 2.24) is 0 Å². The highest BCUT2D eigenvalue weighted by molar-refractivity contribution is 5.74. The lowest BCUT2D eigenvalue weighted by atomic mass is 10.0. The summed E-state index contributed by atoms with van der Waals surface area (Å²) in [6.45, 7) is 3.78. The Kier molecular flexibility index (Phi) is 7.54. The molecule has 4 heteroatoms. The molecule has 0 aliphatic heterocycles. The third kappa shape index (κ3) is 4.68. The predicted octanol–water partition coefficient (Wildman–Crippen LogP) is 4.52. The maximum atomic E-state index is 10.3. The third-order valence-corrected chi connectivity index (χ3v) is 3.25. The van der Waals surface area contributed by atoms with E-state index >= 15 is 0 Å². The molecule has 124 valence electrons. The zero-order valence-electron chi connectivity index (χ0n) is 14.0. The number of benzene rings is 1. The number of allylic oxidation sites excluding steroid dienone is 7. The molecule has 0 spiro atoms. The van der Waals surface area contributed by atoms with E-state index in [0.717, 1.165) is 6.42 Å². The molecule has 0 fully saturated rings. The van der Waals surface area contributed by atoms with Crippen molar-refractivity contribution in [3.05, 3.63) is 53.7 Å². The van der Waals surface area contributed by atoms with Crippen LogP contribution < -0.4 is 9.47 Å². The highest BCUT2D eigenvalue weighted by Crippen LogP contribution is 2.48. The molecule has 23 heavy (non-hydrogen) atoms. The monoisotopic (exact) mass is 316 g/mol. The topological polar surface area (TPSA) is 58.9 Å². The summed E-state index contributed by atoms with van der Waals surface area (Å²) in [5.41, 5.74) is 1.01. The first-order valence-corrected chi connectivity index (χ1v) is 7.41. The smallest absolute Gasteiger partial charge is 0.207 e. The summed E-state index contributed by atoms with van der Waals surface area (Å²) in [6, 6.07) is 0. The molecule has 0 bridgehead atoms. The normalized spacial score (nSPS) is 12.2. The number of aromatic hydroxyl groups is 2. The minimum absolute atomic E-state index is 0.0459. The fourth-order valence-electron chi connectivity index (χ4n) is 2.02. The van der Waals surface area contributed by atoms with Crippen molar-refractivity contribution >= 4 is 6.08 Å². The van der Waals surface area contributed by atoms with Crippen molar-refractivity contribution < 1.29 is 19.7 Å². The number of phenolic OH excluding ortho intramolecular Hbond substituents is 2. The van der Waals surface area contributed by atoms with Gasteiger partial charge >= 0.3 is 0 Å². The first kappa shape index (κ1) is 18.4. The second-order valence-electron chi connectivity index (χ2n) is 4.77. The van der Waals surface area contributed by atoms with Crippen LogP contribution in [0.1, 0.15) is 24.5 Å². The summed E-state index contributed by atoms with van der Waals surface area (Å²) in [5.74, 6) is 0.130. The van der Waals surface area contributed by atoms with E-state index < -0.39 is 0 Å². The van der Waals surface area contributed by atoms with Crippen LogP contribution in [0.15, 0.2) is 42.5 Å². The summed E-state index contributed by atoms with van der Waals surface area (Å²) in [6.07, 6.45) is 16.1. The number of rotatable bonds is 7. The van der Waals surface area contributed by atoms with Crippen LogP contribution in [0.2, 0.25) is 0 Å². The second kappa shape index (κ2) is 9.41. The summed E-state index contributed by atoms with van der Waals surface area (Å²) in [5, 5.41) is 20.4. The van der Waals surface area contributed by atoms with Crippen LogP contribution in [0.4, 0.5) is 0 Å². The Morgan fingerprint density at radius 1 is 0.826 bits per heavy atom. The summed E-state index contributed by atoms with van der Waals surface area (Å²) < 4.78 is 10.2. The maximum Gasteiger partial charge on any atom is 0.207 e. The summed E-state index contributed by atoms with van der Waals surface area (Å²) in [7, 11) is 2.82. The van der Waals surface area contributed by atoms with Crippen LogP contribution in [0.3, 0.4) is 0 Å². The Labute approximate surface area is 137 Å². The average molecular weight is 316 g/mol. The fraction of sp³-hybridized carbons (Fsp3) is 0.263. The molecule has 2 N–H and O–H groups in total. The van der Waals surface area contributed by atoms with Gasteiger partial charge in [0, 0.05) is 11.1 Å². The molecule has 0 atom stereocenters. The highest BCUT2D eigenvalue weighted by atomic mass is 16.5. The zero-order chi connectivity index (χ0) is 17.2. The maximum absolute atomic E-state index is 10.3. The zero-order valence-corrected chi connectivity index (χ0v) is 14.0. The molecule has 0 aliphatic carbocycles. The molecule has 0 aliphatic rings. The van der Waals surface area contributed by atoms with Crippen molar-refractivity contribution in [1.29, 1.82) is 0 Å². The molecular weight excluding hydrogens is 292 g/mol. The van der Waals surface area contributed by atoms with Gasteiger partial charge < -0.3 is 19.7 Å². The number of hydrogen-bond acceptors (Lipinski definition) is 4. The van der Waals surface area contributed by atoms with Crippen molar-refractivity contribution in [2.24, 2.45) is 0 Å². The van der Waals surface area contributed by atoms with Crippen molar-refractivity contribution in [2.45, 2.75) is 20.3 Å².